The third-order valence-electron chi connectivity index (χ3n) is 3.89. The van der Waals surface area contributed by atoms with Crippen molar-refractivity contribution in [1.29, 1.82) is 0 Å². The molecule has 108 valence electrons. The Morgan fingerprint density at radius 3 is 2.52 bits per heavy atom. The molecule has 0 aromatic heterocycles. The normalized spacial score (nSPS) is 15.5. The summed E-state index contributed by atoms with van der Waals surface area (Å²) in [6.07, 6.45) is 2.34. The van der Waals surface area contributed by atoms with Crippen LogP contribution < -0.4 is 5.32 Å². The highest BCUT2D eigenvalue weighted by atomic mass is 35.5. The van der Waals surface area contributed by atoms with Gasteiger partial charge >= 0.3 is 0 Å². The molecule has 0 spiro atoms. The molecule has 1 aliphatic rings. The van der Waals surface area contributed by atoms with Crippen LogP contribution in [0.2, 0.25) is 5.02 Å². The lowest BCUT2D eigenvalue weighted by Gasteiger charge is -2.19. The third-order valence-corrected chi connectivity index (χ3v) is 4.14. The summed E-state index contributed by atoms with van der Waals surface area (Å²) >= 11 is 5.94. The first-order valence-electron chi connectivity index (χ1n) is 7.26. The van der Waals surface area contributed by atoms with E-state index in [1.807, 2.05) is 55.5 Å². The van der Waals surface area contributed by atoms with Crippen LogP contribution in [0, 0.1) is 12.8 Å². The molecule has 1 aliphatic carbocycles. The van der Waals surface area contributed by atoms with Gasteiger partial charge in [-0.25, -0.2) is 0 Å². The van der Waals surface area contributed by atoms with Crippen molar-refractivity contribution in [3.63, 3.8) is 0 Å². The summed E-state index contributed by atoms with van der Waals surface area (Å²) in [4.78, 5) is 12.4. The van der Waals surface area contributed by atoms with Crippen LogP contribution in [0.25, 0.3) is 0 Å². The Morgan fingerprint density at radius 1 is 1.19 bits per heavy atom. The average Bonchev–Trinajstić information content (AvgIpc) is 3.30. The van der Waals surface area contributed by atoms with Gasteiger partial charge in [-0.05, 0) is 55.5 Å². The van der Waals surface area contributed by atoms with Gasteiger partial charge in [0.1, 0.15) is 0 Å². The van der Waals surface area contributed by atoms with E-state index in [4.69, 9.17) is 11.6 Å². The SMILES string of the molecule is Cc1cccc(C(=O)N[C@@H](c2ccc(Cl)cc2)C2CC2)c1. The fourth-order valence-corrected chi connectivity index (χ4v) is 2.71. The maximum atomic E-state index is 12.4. The number of aryl methyl sites for hydroxylation is 1. The van der Waals surface area contributed by atoms with Gasteiger partial charge in [0.05, 0.1) is 6.04 Å². The van der Waals surface area contributed by atoms with E-state index < -0.39 is 0 Å². The van der Waals surface area contributed by atoms with Crippen LogP contribution in [0.4, 0.5) is 0 Å². The minimum atomic E-state index is -0.00875. The van der Waals surface area contributed by atoms with Gasteiger partial charge in [0.25, 0.3) is 5.91 Å². The molecule has 2 aromatic rings. The molecule has 2 aromatic carbocycles. The molecular weight excluding hydrogens is 282 g/mol. The van der Waals surface area contributed by atoms with Crippen molar-refractivity contribution in [3.05, 3.63) is 70.2 Å². The predicted molar refractivity (Wildman–Crippen MR) is 85.6 cm³/mol. The summed E-state index contributed by atoms with van der Waals surface area (Å²) in [5.41, 5.74) is 2.94. The molecule has 3 heteroatoms. The van der Waals surface area contributed by atoms with E-state index in [1.54, 1.807) is 0 Å². The summed E-state index contributed by atoms with van der Waals surface area (Å²) in [5.74, 6) is 0.533. The molecule has 1 saturated carbocycles. The van der Waals surface area contributed by atoms with E-state index in [0.29, 0.717) is 5.92 Å². The van der Waals surface area contributed by atoms with Gasteiger partial charge in [0.15, 0.2) is 0 Å². The number of benzene rings is 2. The van der Waals surface area contributed by atoms with E-state index in [1.165, 1.54) is 12.8 Å². The van der Waals surface area contributed by atoms with Crippen LogP contribution in [-0.2, 0) is 0 Å². The molecule has 3 rings (SSSR count). The zero-order chi connectivity index (χ0) is 14.8. The van der Waals surface area contributed by atoms with Crippen molar-refractivity contribution in [1.82, 2.24) is 5.32 Å². The maximum absolute atomic E-state index is 12.4. The fourth-order valence-electron chi connectivity index (χ4n) is 2.58. The van der Waals surface area contributed by atoms with Crippen molar-refractivity contribution in [3.8, 4) is 0 Å². The Hall–Kier alpha value is -1.80. The molecule has 1 amide bonds. The Bertz CT molecular complexity index is 647. The largest absolute Gasteiger partial charge is 0.345 e. The minimum absolute atomic E-state index is 0.00875. The van der Waals surface area contributed by atoms with Crippen LogP contribution in [0.3, 0.4) is 0 Å². The second-order valence-corrected chi connectivity index (χ2v) is 6.15. The van der Waals surface area contributed by atoms with Crippen LogP contribution in [0.5, 0.6) is 0 Å². The van der Waals surface area contributed by atoms with Gasteiger partial charge in [-0.2, -0.15) is 0 Å². The molecule has 1 fully saturated rings. The van der Waals surface area contributed by atoms with Crippen LogP contribution in [0.1, 0.15) is 40.4 Å². The quantitative estimate of drug-likeness (QED) is 0.883. The lowest BCUT2D eigenvalue weighted by atomic mass is 10.0. The van der Waals surface area contributed by atoms with Crippen molar-refractivity contribution >= 4 is 17.5 Å². The summed E-state index contributed by atoms with van der Waals surface area (Å²) in [5, 5.41) is 3.90. The zero-order valence-corrected chi connectivity index (χ0v) is 12.7. The molecule has 0 heterocycles. The van der Waals surface area contributed by atoms with E-state index >= 15 is 0 Å². The average molecular weight is 300 g/mol. The van der Waals surface area contributed by atoms with Crippen molar-refractivity contribution in [2.24, 2.45) is 5.92 Å². The van der Waals surface area contributed by atoms with Crippen molar-refractivity contribution in [2.45, 2.75) is 25.8 Å². The van der Waals surface area contributed by atoms with Gasteiger partial charge in [-0.15, -0.1) is 0 Å². The first-order chi connectivity index (χ1) is 10.1. The van der Waals surface area contributed by atoms with E-state index in [-0.39, 0.29) is 11.9 Å². The topological polar surface area (TPSA) is 29.1 Å². The van der Waals surface area contributed by atoms with Crippen molar-refractivity contribution in [2.75, 3.05) is 0 Å². The highest BCUT2D eigenvalue weighted by Gasteiger charge is 2.33. The molecule has 0 radical (unpaired) electrons. The van der Waals surface area contributed by atoms with Gasteiger partial charge in [0.2, 0.25) is 0 Å². The first-order valence-corrected chi connectivity index (χ1v) is 7.64. The number of carbonyl (C=O) groups is 1. The number of hydrogen-bond donors (Lipinski definition) is 1. The Morgan fingerprint density at radius 2 is 1.90 bits per heavy atom. The standard InChI is InChI=1S/C18H18ClNO/c1-12-3-2-4-15(11-12)18(21)20-17(13-5-6-13)14-7-9-16(19)10-8-14/h2-4,7-11,13,17H,5-6H2,1H3,(H,20,21)/t17-/m1/s1. The number of amides is 1. The summed E-state index contributed by atoms with van der Waals surface area (Å²) in [6.45, 7) is 1.99. The first kappa shape index (κ1) is 14.2. The van der Waals surface area contributed by atoms with Crippen LogP contribution in [0.15, 0.2) is 48.5 Å². The zero-order valence-electron chi connectivity index (χ0n) is 12.0. The molecule has 0 bridgehead atoms. The highest BCUT2D eigenvalue weighted by molar-refractivity contribution is 6.30. The fraction of sp³-hybridized carbons (Fsp3) is 0.278. The Labute approximate surface area is 130 Å². The molecule has 0 unspecified atom stereocenters. The van der Waals surface area contributed by atoms with E-state index in [9.17, 15) is 4.79 Å². The van der Waals surface area contributed by atoms with Crippen LogP contribution >= 0.6 is 11.6 Å². The van der Waals surface area contributed by atoms with Crippen LogP contribution in [-0.4, -0.2) is 5.91 Å². The lowest BCUT2D eigenvalue weighted by molar-refractivity contribution is 0.0931. The highest BCUT2D eigenvalue weighted by Crippen LogP contribution is 2.41. The van der Waals surface area contributed by atoms with Gasteiger partial charge in [-0.3, -0.25) is 4.79 Å². The smallest absolute Gasteiger partial charge is 0.251 e. The summed E-state index contributed by atoms with van der Waals surface area (Å²) < 4.78 is 0. The second kappa shape index (κ2) is 5.90. The molecule has 1 N–H and O–H groups in total. The van der Waals surface area contributed by atoms with Crippen molar-refractivity contribution < 1.29 is 4.79 Å². The molecule has 2 nitrogen and oxygen atoms in total. The second-order valence-electron chi connectivity index (χ2n) is 5.71. The number of nitrogens with one attached hydrogen (secondary N) is 1. The van der Waals surface area contributed by atoms with Gasteiger partial charge < -0.3 is 5.32 Å². The summed E-state index contributed by atoms with van der Waals surface area (Å²) in [6, 6.07) is 15.5. The maximum Gasteiger partial charge on any atom is 0.251 e. The van der Waals surface area contributed by atoms with E-state index in [0.717, 1.165) is 21.7 Å². The number of hydrogen-bond acceptors (Lipinski definition) is 1. The Balaban J connectivity index is 1.79. The Kier molecular flexibility index (Phi) is 3.98. The van der Waals surface area contributed by atoms with Gasteiger partial charge in [-0.1, -0.05) is 41.4 Å². The monoisotopic (exact) mass is 299 g/mol. The predicted octanol–water partition coefficient (Wildman–Crippen LogP) is 4.53. The number of rotatable bonds is 4. The van der Waals surface area contributed by atoms with E-state index in [2.05, 4.69) is 5.32 Å². The molecule has 0 aliphatic heterocycles. The number of halogens is 1. The third kappa shape index (κ3) is 3.45. The summed E-state index contributed by atoms with van der Waals surface area (Å²) in [7, 11) is 0. The minimum Gasteiger partial charge on any atom is -0.345 e. The molecule has 1 atom stereocenters. The number of carbonyl (C=O) groups excluding carboxylic acids is 1. The van der Waals surface area contributed by atoms with Gasteiger partial charge in [0, 0.05) is 10.6 Å². The lowest BCUT2D eigenvalue weighted by Crippen LogP contribution is -2.29. The molecular formula is C18H18ClNO. The molecule has 0 saturated heterocycles. The molecule has 21 heavy (non-hydrogen) atoms.